The average molecular weight is 193 g/mol. The summed E-state index contributed by atoms with van der Waals surface area (Å²) in [4.78, 5) is 2.36. The molecule has 3 nitrogen and oxygen atoms in total. The first-order chi connectivity index (χ1) is 6.73. The fourth-order valence-corrected chi connectivity index (χ4v) is 2.49. The van der Waals surface area contributed by atoms with Crippen LogP contribution in [0.5, 0.6) is 0 Å². The van der Waals surface area contributed by atoms with E-state index in [4.69, 9.17) is 5.26 Å². The van der Waals surface area contributed by atoms with E-state index in [0.717, 1.165) is 26.2 Å². The summed E-state index contributed by atoms with van der Waals surface area (Å²) in [6.07, 6.45) is 4.06. The van der Waals surface area contributed by atoms with Crippen molar-refractivity contribution in [2.75, 3.05) is 26.2 Å². The van der Waals surface area contributed by atoms with E-state index in [1.54, 1.807) is 0 Å². The molecule has 0 aromatic heterocycles. The largest absolute Gasteiger partial charge is 0.313 e. The van der Waals surface area contributed by atoms with Gasteiger partial charge in [0.2, 0.25) is 0 Å². The van der Waals surface area contributed by atoms with Gasteiger partial charge in [-0.1, -0.05) is 13.3 Å². The van der Waals surface area contributed by atoms with Crippen molar-refractivity contribution in [1.82, 2.24) is 10.2 Å². The van der Waals surface area contributed by atoms with Crippen molar-refractivity contribution in [3.63, 3.8) is 0 Å². The SMILES string of the molecule is CC1(CN2CCNCC2C#N)CCC1. The molecule has 1 atom stereocenters. The molecule has 1 unspecified atom stereocenters. The molecule has 1 saturated heterocycles. The van der Waals surface area contributed by atoms with Crippen LogP contribution in [0.1, 0.15) is 26.2 Å². The first-order valence-electron chi connectivity index (χ1n) is 5.58. The third-order valence-electron chi connectivity index (χ3n) is 3.65. The van der Waals surface area contributed by atoms with Gasteiger partial charge in [0.1, 0.15) is 6.04 Å². The van der Waals surface area contributed by atoms with E-state index in [9.17, 15) is 0 Å². The van der Waals surface area contributed by atoms with Crippen LogP contribution in [0.2, 0.25) is 0 Å². The van der Waals surface area contributed by atoms with Crippen molar-refractivity contribution in [2.45, 2.75) is 32.2 Å². The predicted octanol–water partition coefficient (Wildman–Crippen LogP) is 0.974. The molecule has 1 saturated carbocycles. The predicted molar refractivity (Wildman–Crippen MR) is 55.8 cm³/mol. The van der Waals surface area contributed by atoms with Gasteiger partial charge >= 0.3 is 0 Å². The second-order valence-electron chi connectivity index (χ2n) is 4.98. The molecule has 0 aromatic carbocycles. The summed E-state index contributed by atoms with van der Waals surface area (Å²) in [5.41, 5.74) is 0.506. The van der Waals surface area contributed by atoms with Gasteiger partial charge in [-0.15, -0.1) is 0 Å². The number of piperazine rings is 1. The summed E-state index contributed by atoms with van der Waals surface area (Å²) >= 11 is 0. The first kappa shape index (κ1) is 9.95. The standard InChI is InChI=1S/C11H19N3/c1-11(3-2-4-11)9-14-6-5-13-8-10(14)7-12/h10,13H,2-6,8-9H2,1H3. The highest BCUT2D eigenvalue weighted by atomic mass is 15.2. The number of nitriles is 1. The number of nitrogens with one attached hydrogen (secondary N) is 1. The molecule has 1 N–H and O–H groups in total. The van der Waals surface area contributed by atoms with Crippen molar-refractivity contribution in [2.24, 2.45) is 5.41 Å². The number of nitrogens with zero attached hydrogens (tertiary/aromatic N) is 2. The molecule has 1 aliphatic carbocycles. The Morgan fingerprint density at radius 2 is 2.36 bits per heavy atom. The van der Waals surface area contributed by atoms with Crippen LogP contribution in [0.4, 0.5) is 0 Å². The highest BCUT2D eigenvalue weighted by Gasteiger charge is 2.36. The Bertz CT molecular complexity index is 239. The maximum absolute atomic E-state index is 9.02. The van der Waals surface area contributed by atoms with Crippen LogP contribution in [-0.4, -0.2) is 37.1 Å². The molecule has 0 amide bonds. The molecule has 1 heterocycles. The molecule has 1 aliphatic heterocycles. The first-order valence-corrected chi connectivity index (χ1v) is 5.58. The number of rotatable bonds is 2. The van der Waals surface area contributed by atoms with E-state index < -0.39 is 0 Å². The Balaban J connectivity index is 1.91. The van der Waals surface area contributed by atoms with Crippen molar-refractivity contribution in [3.8, 4) is 6.07 Å². The molecule has 0 bridgehead atoms. The van der Waals surface area contributed by atoms with Gasteiger partial charge in [-0.3, -0.25) is 4.90 Å². The van der Waals surface area contributed by atoms with Crippen molar-refractivity contribution >= 4 is 0 Å². The van der Waals surface area contributed by atoms with Crippen LogP contribution in [0.15, 0.2) is 0 Å². The lowest BCUT2D eigenvalue weighted by atomic mass is 9.70. The van der Waals surface area contributed by atoms with Crippen LogP contribution < -0.4 is 5.32 Å². The van der Waals surface area contributed by atoms with Gasteiger partial charge in [-0.25, -0.2) is 0 Å². The molecule has 2 fully saturated rings. The minimum Gasteiger partial charge on any atom is -0.313 e. The van der Waals surface area contributed by atoms with Gasteiger partial charge in [0.05, 0.1) is 6.07 Å². The van der Waals surface area contributed by atoms with Gasteiger partial charge in [-0.2, -0.15) is 5.26 Å². The molecule has 2 rings (SSSR count). The van der Waals surface area contributed by atoms with E-state index >= 15 is 0 Å². The summed E-state index contributed by atoms with van der Waals surface area (Å²) in [6.45, 7) is 6.38. The van der Waals surface area contributed by atoms with Crippen molar-refractivity contribution in [1.29, 1.82) is 5.26 Å². The molecule has 3 heteroatoms. The van der Waals surface area contributed by atoms with E-state index in [2.05, 4.69) is 23.2 Å². The van der Waals surface area contributed by atoms with Gasteiger partial charge in [0, 0.05) is 26.2 Å². The monoisotopic (exact) mass is 193 g/mol. The minimum atomic E-state index is 0.0983. The van der Waals surface area contributed by atoms with E-state index in [-0.39, 0.29) is 6.04 Å². The lowest BCUT2D eigenvalue weighted by Gasteiger charge is -2.44. The molecule has 78 valence electrons. The van der Waals surface area contributed by atoms with Crippen LogP contribution in [0, 0.1) is 16.7 Å². The Hall–Kier alpha value is -0.590. The van der Waals surface area contributed by atoms with E-state index in [0.29, 0.717) is 5.41 Å². The summed E-state index contributed by atoms with van der Waals surface area (Å²) in [5.74, 6) is 0. The lowest BCUT2D eigenvalue weighted by Crippen LogP contribution is -2.54. The Labute approximate surface area is 86.1 Å². The third-order valence-corrected chi connectivity index (χ3v) is 3.65. The minimum absolute atomic E-state index is 0.0983. The highest BCUT2D eigenvalue weighted by molar-refractivity contribution is 4.99. The van der Waals surface area contributed by atoms with Gasteiger partial charge in [0.15, 0.2) is 0 Å². The number of hydrogen-bond acceptors (Lipinski definition) is 3. The third kappa shape index (κ3) is 1.92. The highest BCUT2D eigenvalue weighted by Crippen LogP contribution is 2.41. The van der Waals surface area contributed by atoms with Crippen LogP contribution in [0.3, 0.4) is 0 Å². The second kappa shape index (κ2) is 3.88. The lowest BCUT2D eigenvalue weighted by molar-refractivity contribution is 0.0627. The Morgan fingerprint density at radius 3 is 2.93 bits per heavy atom. The molecular weight excluding hydrogens is 174 g/mol. The summed E-state index contributed by atoms with van der Waals surface area (Å²) < 4.78 is 0. The van der Waals surface area contributed by atoms with Crippen LogP contribution in [-0.2, 0) is 0 Å². The van der Waals surface area contributed by atoms with E-state index in [1.807, 2.05) is 0 Å². The fourth-order valence-electron chi connectivity index (χ4n) is 2.49. The topological polar surface area (TPSA) is 39.1 Å². The van der Waals surface area contributed by atoms with Crippen molar-refractivity contribution < 1.29 is 0 Å². The van der Waals surface area contributed by atoms with Crippen LogP contribution in [0.25, 0.3) is 0 Å². The molecule has 0 radical (unpaired) electrons. The fraction of sp³-hybridized carbons (Fsp3) is 0.909. The van der Waals surface area contributed by atoms with E-state index in [1.165, 1.54) is 19.3 Å². The van der Waals surface area contributed by atoms with Crippen molar-refractivity contribution in [3.05, 3.63) is 0 Å². The van der Waals surface area contributed by atoms with Gasteiger partial charge in [0.25, 0.3) is 0 Å². The Kier molecular flexibility index (Phi) is 2.76. The maximum Gasteiger partial charge on any atom is 0.110 e. The number of hydrogen-bond donors (Lipinski definition) is 1. The molecule has 0 aromatic rings. The van der Waals surface area contributed by atoms with Gasteiger partial charge < -0.3 is 5.32 Å². The average Bonchev–Trinajstić information content (AvgIpc) is 2.16. The normalized spacial score (nSPS) is 31.9. The molecule has 2 aliphatic rings. The molecular formula is C11H19N3. The smallest absolute Gasteiger partial charge is 0.110 e. The zero-order valence-corrected chi connectivity index (χ0v) is 8.92. The maximum atomic E-state index is 9.02. The molecule has 14 heavy (non-hydrogen) atoms. The second-order valence-corrected chi connectivity index (χ2v) is 4.98. The Morgan fingerprint density at radius 1 is 1.57 bits per heavy atom. The summed E-state index contributed by atoms with van der Waals surface area (Å²) in [7, 11) is 0. The van der Waals surface area contributed by atoms with Crippen LogP contribution >= 0.6 is 0 Å². The zero-order valence-electron chi connectivity index (χ0n) is 8.92. The summed E-state index contributed by atoms with van der Waals surface area (Å²) in [5, 5.41) is 12.3. The van der Waals surface area contributed by atoms with Gasteiger partial charge in [-0.05, 0) is 18.3 Å². The molecule has 0 spiro atoms. The quantitative estimate of drug-likeness (QED) is 0.710. The summed E-state index contributed by atoms with van der Waals surface area (Å²) in [6, 6.07) is 2.49. The zero-order chi connectivity index (χ0) is 10.0.